The second kappa shape index (κ2) is 6.69. The Labute approximate surface area is 175 Å². The Hall–Kier alpha value is -3.14. The van der Waals surface area contributed by atoms with Crippen LogP contribution in [0.3, 0.4) is 0 Å². The molecule has 0 unspecified atom stereocenters. The van der Waals surface area contributed by atoms with E-state index in [2.05, 4.69) is 24.3 Å². The standard InChI is InChI=1S/C26H22O4/c27-21-6-2-8-23-19(21)12-16-11-10-15(14-25(16)29-23)18-5-1-4-17-13-20-22(28)7-3-9-24(20)30-26(17)18/h1,4-5,10-11,14H,2-3,6-9,12-13H2. The first-order chi connectivity index (χ1) is 14.7. The third kappa shape index (κ3) is 2.74. The topological polar surface area (TPSA) is 52.6 Å². The van der Waals surface area contributed by atoms with E-state index in [0.29, 0.717) is 25.7 Å². The molecule has 2 aliphatic heterocycles. The first-order valence-electron chi connectivity index (χ1n) is 10.8. The van der Waals surface area contributed by atoms with Crippen molar-refractivity contribution in [2.75, 3.05) is 0 Å². The molecule has 2 aromatic rings. The van der Waals surface area contributed by atoms with Crippen LogP contribution in [0.15, 0.2) is 59.1 Å². The number of allylic oxidation sites excluding steroid dienone is 4. The molecule has 2 aromatic carbocycles. The van der Waals surface area contributed by atoms with Gasteiger partial charge in [-0.15, -0.1) is 0 Å². The van der Waals surface area contributed by atoms with Gasteiger partial charge in [0.25, 0.3) is 0 Å². The van der Waals surface area contributed by atoms with Gasteiger partial charge in [-0.3, -0.25) is 9.59 Å². The van der Waals surface area contributed by atoms with E-state index >= 15 is 0 Å². The number of Topliss-reactive ketones (excluding diaryl/α,β-unsaturated/α-hetero) is 2. The minimum absolute atomic E-state index is 0.223. The Morgan fingerprint density at radius 3 is 2.17 bits per heavy atom. The van der Waals surface area contributed by atoms with E-state index in [1.54, 1.807) is 0 Å². The van der Waals surface area contributed by atoms with Gasteiger partial charge >= 0.3 is 0 Å². The highest BCUT2D eigenvalue weighted by atomic mass is 16.5. The second-order valence-corrected chi connectivity index (χ2v) is 8.53. The van der Waals surface area contributed by atoms with Crippen LogP contribution in [0.25, 0.3) is 11.1 Å². The summed E-state index contributed by atoms with van der Waals surface area (Å²) >= 11 is 0. The van der Waals surface area contributed by atoms with Crippen molar-refractivity contribution >= 4 is 11.6 Å². The summed E-state index contributed by atoms with van der Waals surface area (Å²) in [5.74, 6) is 3.83. The third-order valence-electron chi connectivity index (χ3n) is 6.63. The zero-order chi connectivity index (χ0) is 20.2. The van der Waals surface area contributed by atoms with Crippen LogP contribution >= 0.6 is 0 Å². The number of ether oxygens (including phenoxy) is 2. The number of fused-ring (bicyclic) bond motifs is 2. The van der Waals surface area contributed by atoms with Crippen molar-refractivity contribution in [3.8, 4) is 22.6 Å². The highest BCUT2D eigenvalue weighted by molar-refractivity contribution is 5.98. The maximum absolute atomic E-state index is 12.3. The zero-order valence-electron chi connectivity index (χ0n) is 16.8. The highest BCUT2D eigenvalue weighted by Gasteiger charge is 2.30. The Morgan fingerprint density at radius 1 is 0.700 bits per heavy atom. The molecular formula is C26H22O4. The summed E-state index contributed by atoms with van der Waals surface area (Å²) in [6, 6.07) is 12.3. The van der Waals surface area contributed by atoms with Crippen molar-refractivity contribution in [3.63, 3.8) is 0 Å². The molecule has 0 bridgehead atoms. The van der Waals surface area contributed by atoms with Crippen LogP contribution < -0.4 is 9.47 Å². The number of benzene rings is 2. The van der Waals surface area contributed by atoms with E-state index in [4.69, 9.17) is 9.47 Å². The average molecular weight is 398 g/mol. The van der Waals surface area contributed by atoms with Crippen molar-refractivity contribution < 1.29 is 19.1 Å². The molecule has 4 aliphatic rings. The van der Waals surface area contributed by atoms with Crippen molar-refractivity contribution in [1.82, 2.24) is 0 Å². The monoisotopic (exact) mass is 398 g/mol. The van der Waals surface area contributed by atoms with E-state index in [-0.39, 0.29) is 11.6 Å². The van der Waals surface area contributed by atoms with Gasteiger partial charge in [0.2, 0.25) is 0 Å². The first kappa shape index (κ1) is 17.7. The van der Waals surface area contributed by atoms with Crippen LogP contribution in [0, 0.1) is 0 Å². The lowest BCUT2D eigenvalue weighted by molar-refractivity contribution is -0.117. The van der Waals surface area contributed by atoms with Gasteiger partial charge < -0.3 is 9.47 Å². The Kier molecular flexibility index (Phi) is 3.95. The van der Waals surface area contributed by atoms with Crippen LogP contribution in [0.1, 0.15) is 49.7 Å². The van der Waals surface area contributed by atoms with Gasteiger partial charge in [0.15, 0.2) is 11.6 Å². The molecular weight excluding hydrogens is 376 g/mol. The van der Waals surface area contributed by atoms with E-state index in [9.17, 15) is 9.59 Å². The lowest BCUT2D eigenvalue weighted by Crippen LogP contribution is -2.21. The van der Waals surface area contributed by atoms with E-state index in [1.807, 2.05) is 12.1 Å². The molecule has 0 spiro atoms. The summed E-state index contributed by atoms with van der Waals surface area (Å²) in [6.45, 7) is 0. The lowest BCUT2D eigenvalue weighted by atomic mass is 9.87. The lowest BCUT2D eigenvalue weighted by Gasteiger charge is -2.28. The largest absolute Gasteiger partial charge is 0.461 e. The molecule has 0 saturated heterocycles. The molecule has 0 aromatic heterocycles. The van der Waals surface area contributed by atoms with Gasteiger partial charge in [-0.1, -0.05) is 30.3 Å². The second-order valence-electron chi connectivity index (χ2n) is 8.53. The van der Waals surface area contributed by atoms with Crippen LogP contribution in [-0.2, 0) is 22.4 Å². The summed E-state index contributed by atoms with van der Waals surface area (Å²) in [5, 5.41) is 0. The number of ketones is 2. The smallest absolute Gasteiger partial charge is 0.162 e. The maximum atomic E-state index is 12.3. The van der Waals surface area contributed by atoms with Gasteiger partial charge in [-0.2, -0.15) is 0 Å². The normalized spacial score (nSPS) is 20.0. The molecule has 0 saturated carbocycles. The number of carbonyl (C=O) groups excluding carboxylic acids is 2. The molecule has 4 heteroatoms. The van der Waals surface area contributed by atoms with Crippen LogP contribution in [-0.4, -0.2) is 11.6 Å². The molecule has 0 fully saturated rings. The number of hydrogen-bond acceptors (Lipinski definition) is 4. The van der Waals surface area contributed by atoms with Gasteiger partial charge in [-0.05, 0) is 30.0 Å². The SMILES string of the molecule is O=C1CCCC2=C1Cc1ccc(-c3cccc4c3OC3=C(C4)C(=O)CCC3)cc1O2. The minimum Gasteiger partial charge on any atom is -0.461 e. The number of hydrogen-bond donors (Lipinski definition) is 0. The Bertz CT molecular complexity index is 1180. The Morgan fingerprint density at radius 2 is 1.40 bits per heavy atom. The molecule has 0 radical (unpaired) electrons. The Balaban J connectivity index is 1.38. The van der Waals surface area contributed by atoms with Gasteiger partial charge in [0.1, 0.15) is 23.0 Å². The fraction of sp³-hybridized carbons (Fsp3) is 0.308. The van der Waals surface area contributed by atoms with Crippen LogP contribution in [0.4, 0.5) is 0 Å². The van der Waals surface area contributed by atoms with Gasteiger partial charge in [0.05, 0.1) is 0 Å². The van der Waals surface area contributed by atoms with Crippen molar-refractivity contribution in [2.45, 2.75) is 51.4 Å². The zero-order valence-corrected chi connectivity index (χ0v) is 16.8. The van der Waals surface area contributed by atoms with Crippen molar-refractivity contribution in [1.29, 1.82) is 0 Å². The molecule has 0 N–H and O–H groups in total. The first-order valence-corrected chi connectivity index (χ1v) is 10.8. The predicted octanol–water partition coefficient (Wildman–Crippen LogP) is 5.24. The molecule has 2 heterocycles. The fourth-order valence-electron chi connectivity index (χ4n) is 5.03. The van der Waals surface area contributed by atoms with Crippen LogP contribution in [0.2, 0.25) is 0 Å². The molecule has 0 atom stereocenters. The number of carbonyl (C=O) groups is 2. The summed E-state index contributed by atoms with van der Waals surface area (Å²) in [4.78, 5) is 24.6. The average Bonchev–Trinajstić information content (AvgIpc) is 2.77. The predicted molar refractivity (Wildman–Crippen MR) is 112 cm³/mol. The van der Waals surface area contributed by atoms with Gasteiger partial charge in [0, 0.05) is 60.8 Å². The minimum atomic E-state index is 0.223. The third-order valence-corrected chi connectivity index (χ3v) is 6.63. The summed E-state index contributed by atoms with van der Waals surface area (Å²) in [5.41, 5.74) is 5.86. The van der Waals surface area contributed by atoms with Gasteiger partial charge in [-0.25, -0.2) is 0 Å². The number of para-hydroxylation sites is 1. The maximum Gasteiger partial charge on any atom is 0.162 e. The summed E-state index contributed by atoms with van der Waals surface area (Å²) in [7, 11) is 0. The van der Waals surface area contributed by atoms with E-state index < -0.39 is 0 Å². The molecule has 6 rings (SSSR count). The molecule has 4 nitrogen and oxygen atoms in total. The van der Waals surface area contributed by atoms with Crippen molar-refractivity contribution in [3.05, 3.63) is 70.2 Å². The fourth-order valence-corrected chi connectivity index (χ4v) is 5.03. The van der Waals surface area contributed by atoms with E-state index in [1.165, 1.54) is 0 Å². The molecule has 0 amide bonds. The quantitative estimate of drug-likeness (QED) is 0.659. The molecule has 150 valence electrons. The molecule has 30 heavy (non-hydrogen) atoms. The summed E-state index contributed by atoms with van der Waals surface area (Å²) < 4.78 is 12.5. The van der Waals surface area contributed by atoms with E-state index in [0.717, 1.165) is 82.1 Å². The molecule has 2 aliphatic carbocycles. The number of rotatable bonds is 1. The van der Waals surface area contributed by atoms with Crippen molar-refractivity contribution in [2.24, 2.45) is 0 Å². The summed E-state index contributed by atoms with van der Waals surface area (Å²) in [6.07, 6.45) is 5.94. The van der Waals surface area contributed by atoms with Crippen LogP contribution in [0.5, 0.6) is 11.5 Å². The highest BCUT2D eigenvalue weighted by Crippen LogP contribution is 2.44.